The topological polar surface area (TPSA) is 0 Å². The van der Waals surface area contributed by atoms with E-state index in [-0.39, 0.29) is 11.7 Å². The molecule has 2 unspecified atom stereocenters. The van der Waals surface area contributed by atoms with Crippen LogP contribution < -0.4 is 0 Å². The highest BCUT2D eigenvalue weighted by Crippen LogP contribution is 2.40. The fourth-order valence-electron chi connectivity index (χ4n) is 3.07. The van der Waals surface area contributed by atoms with Crippen molar-refractivity contribution in [3.8, 4) is 0 Å². The molecule has 0 saturated heterocycles. The molecular weight excluding hydrogens is 259 g/mol. The first-order chi connectivity index (χ1) is 10.0. The highest BCUT2D eigenvalue weighted by Gasteiger charge is 2.28. The maximum atomic E-state index is 14.6. The van der Waals surface area contributed by atoms with Gasteiger partial charge in [0.05, 0.1) is 0 Å². The van der Waals surface area contributed by atoms with E-state index < -0.39 is 0 Å². The van der Waals surface area contributed by atoms with E-state index in [0.29, 0.717) is 5.92 Å². The minimum atomic E-state index is -0.0506. The van der Waals surface area contributed by atoms with Crippen molar-refractivity contribution in [1.82, 2.24) is 0 Å². The molecular formula is C20H29F. The molecule has 1 aliphatic rings. The van der Waals surface area contributed by atoms with Gasteiger partial charge in [-0.25, -0.2) is 4.39 Å². The van der Waals surface area contributed by atoms with E-state index in [0.717, 1.165) is 36.0 Å². The summed E-state index contributed by atoms with van der Waals surface area (Å²) in [6, 6.07) is 0. The predicted octanol–water partition coefficient (Wildman–Crippen LogP) is 6.69. The Kier molecular flexibility index (Phi) is 7.42. The number of halogens is 1. The molecule has 1 rings (SSSR count). The Morgan fingerprint density at radius 2 is 2.14 bits per heavy atom. The van der Waals surface area contributed by atoms with Gasteiger partial charge in [-0.05, 0) is 69.1 Å². The molecule has 0 N–H and O–H groups in total. The van der Waals surface area contributed by atoms with Crippen LogP contribution in [0, 0.1) is 11.8 Å². The lowest BCUT2D eigenvalue weighted by molar-refractivity contribution is 0.419. The molecule has 0 saturated carbocycles. The van der Waals surface area contributed by atoms with Gasteiger partial charge in [0.25, 0.3) is 0 Å². The normalized spacial score (nSPS) is 22.3. The molecule has 0 nitrogen and oxygen atoms in total. The molecule has 116 valence electrons. The smallest absolute Gasteiger partial charge is 0.126 e. The van der Waals surface area contributed by atoms with Gasteiger partial charge < -0.3 is 0 Å². The average Bonchev–Trinajstić information content (AvgIpc) is 2.44. The molecule has 1 aliphatic carbocycles. The lowest BCUT2D eigenvalue weighted by Gasteiger charge is -2.30. The Morgan fingerprint density at radius 3 is 2.71 bits per heavy atom. The Hall–Kier alpha value is -1.37. The largest absolute Gasteiger partial charge is 0.207 e. The summed E-state index contributed by atoms with van der Waals surface area (Å²) >= 11 is 0. The molecule has 0 aliphatic heterocycles. The minimum Gasteiger partial charge on any atom is -0.207 e. The van der Waals surface area contributed by atoms with Gasteiger partial charge >= 0.3 is 0 Å². The van der Waals surface area contributed by atoms with Crippen LogP contribution in [0.2, 0.25) is 0 Å². The predicted molar refractivity (Wildman–Crippen MR) is 91.8 cm³/mol. The third-order valence-electron chi connectivity index (χ3n) is 4.11. The van der Waals surface area contributed by atoms with Crippen LogP contribution in [0.4, 0.5) is 4.39 Å². The first kappa shape index (κ1) is 17.7. The van der Waals surface area contributed by atoms with Gasteiger partial charge in [-0.3, -0.25) is 0 Å². The van der Waals surface area contributed by atoms with Crippen LogP contribution in [0.1, 0.15) is 53.9 Å². The van der Waals surface area contributed by atoms with Crippen molar-refractivity contribution in [2.75, 3.05) is 0 Å². The van der Waals surface area contributed by atoms with E-state index in [9.17, 15) is 4.39 Å². The number of rotatable bonds is 6. The molecule has 0 bridgehead atoms. The summed E-state index contributed by atoms with van der Waals surface area (Å²) in [4.78, 5) is 0. The maximum absolute atomic E-state index is 14.6. The summed E-state index contributed by atoms with van der Waals surface area (Å²) in [6.07, 6.45) is 15.2. The van der Waals surface area contributed by atoms with Crippen molar-refractivity contribution in [2.45, 2.75) is 53.9 Å². The molecule has 2 atom stereocenters. The first-order valence-electron chi connectivity index (χ1n) is 8.08. The van der Waals surface area contributed by atoms with Crippen molar-refractivity contribution < 1.29 is 4.39 Å². The van der Waals surface area contributed by atoms with Crippen LogP contribution in [0.3, 0.4) is 0 Å². The van der Waals surface area contributed by atoms with E-state index in [1.807, 2.05) is 32.9 Å². The second kappa shape index (κ2) is 8.81. The zero-order valence-electron chi connectivity index (χ0n) is 14.1. The lowest BCUT2D eigenvalue weighted by Crippen LogP contribution is -2.19. The van der Waals surface area contributed by atoms with E-state index >= 15 is 0 Å². The first-order valence-corrected chi connectivity index (χ1v) is 8.08. The fraction of sp³-hybridized carbons (Fsp3) is 0.500. The molecule has 0 fully saturated rings. The number of hydrogen-bond donors (Lipinski definition) is 0. The maximum Gasteiger partial charge on any atom is 0.126 e. The Bertz CT molecular complexity index is 486. The monoisotopic (exact) mass is 288 g/mol. The van der Waals surface area contributed by atoms with Gasteiger partial charge in [0.15, 0.2) is 0 Å². The third kappa shape index (κ3) is 4.84. The van der Waals surface area contributed by atoms with Crippen molar-refractivity contribution >= 4 is 0 Å². The van der Waals surface area contributed by atoms with Crippen molar-refractivity contribution in [3.05, 3.63) is 59.0 Å². The second-order valence-corrected chi connectivity index (χ2v) is 5.85. The van der Waals surface area contributed by atoms with Gasteiger partial charge in [-0.15, -0.1) is 0 Å². The van der Waals surface area contributed by atoms with Crippen LogP contribution >= 0.6 is 0 Å². The summed E-state index contributed by atoms with van der Waals surface area (Å²) in [5.41, 5.74) is 3.08. The summed E-state index contributed by atoms with van der Waals surface area (Å²) in [5.74, 6) is 0.603. The van der Waals surface area contributed by atoms with Crippen LogP contribution in [-0.2, 0) is 0 Å². The second-order valence-electron chi connectivity index (χ2n) is 5.85. The van der Waals surface area contributed by atoms with E-state index in [1.54, 1.807) is 6.08 Å². The zero-order valence-corrected chi connectivity index (χ0v) is 14.1. The van der Waals surface area contributed by atoms with Crippen LogP contribution in [-0.4, -0.2) is 0 Å². The minimum absolute atomic E-state index is 0.0506. The van der Waals surface area contributed by atoms with Gasteiger partial charge in [0.2, 0.25) is 0 Å². The van der Waals surface area contributed by atoms with Crippen molar-refractivity contribution in [1.29, 1.82) is 0 Å². The molecule has 21 heavy (non-hydrogen) atoms. The van der Waals surface area contributed by atoms with Crippen LogP contribution in [0.25, 0.3) is 0 Å². The Morgan fingerprint density at radius 1 is 1.43 bits per heavy atom. The van der Waals surface area contributed by atoms with Gasteiger partial charge in [0.1, 0.15) is 5.83 Å². The average molecular weight is 288 g/mol. The van der Waals surface area contributed by atoms with Gasteiger partial charge in [-0.1, -0.05) is 49.8 Å². The summed E-state index contributed by atoms with van der Waals surface area (Å²) in [7, 11) is 0. The van der Waals surface area contributed by atoms with Crippen LogP contribution in [0.5, 0.6) is 0 Å². The van der Waals surface area contributed by atoms with E-state index in [4.69, 9.17) is 0 Å². The summed E-state index contributed by atoms with van der Waals surface area (Å²) in [5, 5.41) is 0. The molecule has 0 aromatic rings. The van der Waals surface area contributed by atoms with Gasteiger partial charge in [-0.2, -0.15) is 0 Å². The lowest BCUT2D eigenvalue weighted by atomic mass is 9.74. The molecule has 1 heteroatoms. The van der Waals surface area contributed by atoms with E-state index in [1.165, 1.54) is 0 Å². The Labute approximate surface area is 129 Å². The molecule has 0 amide bonds. The molecule has 0 aromatic heterocycles. The number of allylic oxidation sites excluding steroid dienone is 10. The molecule has 0 aromatic carbocycles. The molecule has 0 heterocycles. The standard InChI is InChI=1S/C20H29F/c1-6-9-10-12-16(5)20-18(17(8-3)11-7-2)13-15(4)14-19(20)21/h7,9-12,14,17-18H,6,8,13H2,1-5H3/b10-9-,11-7?,16-12+. The van der Waals surface area contributed by atoms with E-state index in [2.05, 4.69) is 32.1 Å². The molecule has 0 radical (unpaired) electrons. The zero-order chi connectivity index (χ0) is 15.8. The highest BCUT2D eigenvalue weighted by molar-refractivity contribution is 5.44. The molecule has 0 spiro atoms. The Balaban J connectivity index is 3.21. The third-order valence-corrected chi connectivity index (χ3v) is 4.11. The van der Waals surface area contributed by atoms with Crippen LogP contribution in [0.15, 0.2) is 59.0 Å². The number of hydrogen-bond acceptors (Lipinski definition) is 0. The quantitative estimate of drug-likeness (QED) is 0.377. The van der Waals surface area contributed by atoms with Gasteiger partial charge in [0, 0.05) is 0 Å². The summed E-state index contributed by atoms with van der Waals surface area (Å²) in [6.45, 7) is 10.4. The SMILES string of the molecule is CC=CC(CC)C1CC(C)=CC(F)=C1/C(C)=C/C=C\CC. The highest BCUT2D eigenvalue weighted by atomic mass is 19.1. The summed E-state index contributed by atoms with van der Waals surface area (Å²) < 4.78 is 14.6. The fourth-order valence-corrected chi connectivity index (χ4v) is 3.07. The van der Waals surface area contributed by atoms with Crippen molar-refractivity contribution in [3.63, 3.8) is 0 Å². The van der Waals surface area contributed by atoms with Crippen molar-refractivity contribution in [2.24, 2.45) is 11.8 Å².